The fraction of sp³-hybridized carbons (Fsp3) is 0.154. The molecule has 0 bridgehead atoms. The number of nitrogens with two attached hydrogens (primary N) is 1. The van der Waals surface area contributed by atoms with Gasteiger partial charge >= 0.3 is 0 Å². The second-order valence-electron chi connectivity index (χ2n) is 4.06. The Morgan fingerprint density at radius 3 is 2.53 bits per heavy atom. The molecule has 0 saturated carbocycles. The summed E-state index contributed by atoms with van der Waals surface area (Å²) in [4.78, 5) is 4.01. The number of hydrogen-bond donors (Lipinski definition) is 2. The van der Waals surface area contributed by atoms with Gasteiger partial charge in [0.2, 0.25) is 0 Å². The molecule has 3 nitrogen and oxygen atoms in total. The molecule has 0 saturated heterocycles. The number of pyridine rings is 1. The lowest BCUT2D eigenvalue weighted by molar-refractivity contribution is 0.499. The summed E-state index contributed by atoms with van der Waals surface area (Å²) in [7, 11) is 0. The van der Waals surface area contributed by atoms with E-state index in [1.165, 1.54) is 18.2 Å². The first-order valence-corrected chi connectivity index (χ1v) is 6.40. The van der Waals surface area contributed by atoms with Gasteiger partial charge in [-0.25, -0.2) is 8.78 Å². The zero-order valence-corrected chi connectivity index (χ0v) is 11.5. The minimum Gasteiger partial charge on any atom is -0.271 e. The van der Waals surface area contributed by atoms with Gasteiger partial charge < -0.3 is 0 Å². The minimum atomic E-state index is -0.580. The number of nitrogens with one attached hydrogen (secondary N) is 1. The molecule has 1 aromatic carbocycles. The highest BCUT2D eigenvalue weighted by atomic mass is 79.9. The van der Waals surface area contributed by atoms with Crippen molar-refractivity contribution in [1.82, 2.24) is 10.4 Å². The van der Waals surface area contributed by atoms with Crippen molar-refractivity contribution in [2.45, 2.75) is 12.5 Å². The number of aromatic nitrogens is 1. The van der Waals surface area contributed by atoms with Crippen LogP contribution in [0.1, 0.15) is 17.2 Å². The molecule has 0 amide bonds. The van der Waals surface area contributed by atoms with E-state index in [9.17, 15) is 8.78 Å². The predicted octanol–water partition coefficient (Wildman–Crippen LogP) is 2.87. The van der Waals surface area contributed by atoms with Gasteiger partial charge in [-0.3, -0.25) is 16.3 Å². The monoisotopic (exact) mass is 327 g/mol. The van der Waals surface area contributed by atoms with Crippen molar-refractivity contribution in [2.24, 2.45) is 5.84 Å². The van der Waals surface area contributed by atoms with Crippen LogP contribution >= 0.6 is 15.9 Å². The molecule has 0 fully saturated rings. The molecule has 0 aliphatic heterocycles. The van der Waals surface area contributed by atoms with E-state index >= 15 is 0 Å². The maximum absolute atomic E-state index is 13.6. The van der Waals surface area contributed by atoms with Crippen LogP contribution in [0.3, 0.4) is 0 Å². The number of hydrazine groups is 1. The molecule has 0 aliphatic carbocycles. The van der Waals surface area contributed by atoms with Gasteiger partial charge in [0.05, 0.1) is 6.04 Å². The van der Waals surface area contributed by atoms with Crippen molar-refractivity contribution in [3.05, 3.63) is 63.9 Å². The molecule has 1 aromatic heterocycles. The molecule has 1 heterocycles. The Bertz CT molecular complexity index is 557. The normalized spacial score (nSPS) is 12.4. The number of halogens is 3. The molecule has 0 radical (unpaired) electrons. The molecule has 2 aromatic rings. The molecule has 100 valence electrons. The van der Waals surface area contributed by atoms with Crippen molar-refractivity contribution in [3.8, 4) is 0 Å². The van der Waals surface area contributed by atoms with Crippen LogP contribution < -0.4 is 11.3 Å². The van der Waals surface area contributed by atoms with Crippen molar-refractivity contribution in [1.29, 1.82) is 0 Å². The van der Waals surface area contributed by atoms with E-state index < -0.39 is 17.7 Å². The first-order chi connectivity index (χ1) is 9.11. The summed E-state index contributed by atoms with van der Waals surface area (Å²) in [5, 5.41) is 0. The van der Waals surface area contributed by atoms with Gasteiger partial charge in [0.1, 0.15) is 11.6 Å². The smallest absolute Gasteiger partial charge is 0.129 e. The van der Waals surface area contributed by atoms with E-state index in [0.717, 1.165) is 10.0 Å². The fourth-order valence-electron chi connectivity index (χ4n) is 1.82. The van der Waals surface area contributed by atoms with E-state index in [0.29, 0.717) is 0 Å². The lowest BCUT2D eigenvalue weighted by Gasteiger charge is -2.17. The summed E-state index contributed by atoms with van der Waals surface area (Å²) in [6.07, 6.45) is 3.34. The maximum atomic E-state index is 13.6. The summed E-state index contributed by atoms with van der Waals surface area (Å²) in [6, 6.07) is 5.17. The Morgan fingerprint density at radius 1 is 1.26 bits per heavy atom. The third-order valence-corrected chi connectivity index (χ3v) is 3.23. The van der Waals surface area contributed by atoms with Crippen molar-refractivity contribution < 1.29 is 8.78 Å². The highest BCUT2D eigenvalue weighted by molar-refractivity contribution is 9.10. The molecule has 1 unspecified atom stereocenters. The summed E-state index contributed by atoms with van der Waals surface area (Å²) < 4.78 is 28.0. The molecule has 1 atom stereocenters. The number of nitrogens with zero attached hydrogens (tertiary/aromatic N) is 1. The lowest BCUT2D eigenvalue weighted by atomic mass is 10.00. The lowest BCUT2D eigenvalue weighted by Crippen LogP contribution is -2.30. The zero-order valence-electron chi connectivity index (χ0n) is 9.91. The Kier molecular flexibility index (Phi) is 4.57. The number of rotatable bonds is 4. The minimum absolute atomic E-state index is 0.00502. The zero-order chi connectivity index (χ0) is 13.8. The fourth-order valence-corrected chi connectivity index (χ4v) is 2.21. The molecular weight excluding hydrogens is 316 g/mol. The van der Waals surface area contributed by atoms with Gasteiger partial charge in [0.25, 0.3) is 0 Å². The van der Waals surface area contributed by atoms with Crippen LogP contribution in [0, 0.1) is 11.6 Å². The molecule has 19 heavy (non-hydrogen) atoms. The maximum Gasteiger partial charge on any atom is 0.129 e. The third kappa shape index (κ3) is 3.34. The molecule has 0 spiro atoms. The van der Waals surface area contributed by atoms with Crippen molar-refractivity contribution in [3.63, 3.8) is 0 Å². The van der Waals surface area contributed by atoms with Gasteiger partial charge in [0, 0.05) is 22.4 Å². The predicted molar refractivity (Wildman–Crippen MR) is 72.1 cm³/mol. The second-order valence-corrected chi connectivity index (χ2v) is 4.98. The van der Waals surface area contributed by atoms with E-state index in [1.807, 2.05) is 0 Å². The van der Waals surface area contributed by atoms with Gasteiger partial charge in [-0.2, -0.15) is 0 Å². The topological polar surface area (TPSA) is 50.9 Å². The van der Waals surface area contributed by atoms with E-state index in [1.54, 1.807) is 18.5 Å². The van der Waals surface area contributed by atoms with Crippen LogP contribution in [0.5, 0.6) is 0 Å². The van der Waals surface area contributed by atoms with Gasteiger partial charge in [0.15, 0.2) is 0 Å². The van der Waals surface area contributed by atoms with Crippen LogP contribution in [0.4, 0.5) is 8.78 Å². The van der Waals surface area contributed by atoms with E-state index in [4.69, 9.17) is 5.84 Å². The van der Waals surface area contributed by atoms with E-state index in [-0.39, 0.29) is 12.0 Å². The molecule has 0 aliphatic rings. The third-order valence-electron chi connectivity index (χ3n) is 2.80. The van der Waals surface area contributed by atoms with Crippen LogP contribution in [0.2, 0.25) is 0 Å². The molecular formula is C13H12BrF2N3. The summed E-state index contributed by atoms with van der Waals surface area (Å²) in [5.41, 5.74) is 3.31. The highest BCUT2D eigenvalue weighted by Gasteiger charge is 2.17. The van der Waals surface area contributed by atoms with Gasteiger partial charge in [-0.1, -0.05) is 6.07 Å². The SMILES string of the molecule is NNC(Cc1c(F)cccc1F)c1cncc(Br)c1. The Hall–Kier alpha value is -1.37. The molecule has 3 N–H and O–H groups in total. The Balaban J connectivity index is 2.29. The molecule has 6 heteroatoms. The molecule has 2 rings (SSSR count). The Morgan fingerprint density at radius 2 is 1.95 bits per heavy atom. The van der Waals surface area contributed by atoms with Crippen LogP contribution in [-0.4, -0.2) is 4.98 Å². The van der Waals surface area contributed by atoms with E-state index in [2.05, 4.69) is 26.3 Å². The largest absolute Gasteiger partial charge is 0.271 e. The van der Waals surface area contributed by atoms with Gasteiger partial charge in [-0.05, 0) is 46.1 Å². The highest BCUT2D eigenvalue weighted by Crippen LogP contribution is 2.23. The number of hydrogen-bond acceptors (Lipinski definition) is 3. The van der Waals surface area contributed by atoms with Crippen LogP contribution in [-0.2, 0) is 6.42 Å². The quantitative estimate of drug-likeness (QED) is 0.670. The summed E-state index contributed by atoms with van der Waals surface area (Å²) in [6.45, 7) is 0. The average Bonchev–Trinajstić information content (AvgIpc) is 2.38. The van der Waals surface area contributed by atoms with Gasteiger partial charge in [-0.15, -0.1) is 0 Å². The van der Waals surface area contributed by atoms with Crippen LogP contribution in [0.25, 0.3) is 0 Å². The Labute approximate surface area is 117 Å². The van der Waals surface area contributed by atoms with Crippen LogP contribution in [0.15, 0.2) is 41.1 Å². The summed E-state index contributed by atoms with van der Waals surface area (Å²) >= 11 is 3.29. The standard InChI is InChI=1S/C13H12BrF2N3/c14-9-4-8(6-18-7-9)13(19-17)5-10-11(15)2-1-3-12(10)16/h1-4,6-7,13,19H,5,17H2. The van der Waals surface area contributed by atoms with Crippen molar-refractivity contribution >= 4 is 15.9 Å². The average molecular weight is 328 g/mol. The first-order valence-electron chi connectivity index (χ1n) is 5.61. The number of benzene rings is 1. The second kappa shape index (κ2) is 6.18. The van der Waals surface area contributed by atoms with Crippen molar-refractivity contribution in [2.75, 3.05) is 0 Å². The first kappa shape index (κ1) is 14.0. The summed E-state index contributed by atoms with van der Waals surface area (Å²) in [5.74, 6) is 4.30.